The summed E-state index contributed by atoms with van der Waals surface area (Å²) in [5, 5.41) is 10.3. The second kappa shape index (κ2) is 9.07. The molecule has 1 aliphatic rings. The van der Waals surface area contributed by atoms with Crippen LogP contribution in [0.25, 0.3) is 16.9 Å². The zero-order chi connectivity index (χ0) is 23.5. The van der Waals surface area contributed by atoms with Crippen molar-refractivity contribution in [1.29, 1.82) is 0 Å². The number of nitrogens with zero attached hydrogens (tertiary/aromatic N) is 2. The molecule has 4 rings (SSSR count). The van der Waals surface area contributed by atoms with Gasteiger partial charge in [-0.15, -0.1) is 0 Å². The summed E-state index contributed by atoms with van der Waals surface area (Å²) in [4.78, 5) is 25.0. The van der Waals surface area contributed by atoms with Gasteiger partial charge in [0.1, 0.15) is 0 Å². The Bertz CT molecular complexity index is 1230. The lowest BCUT2D eigenvalue weighted by Crippen LogP contribution is -2.45. The van der Waals surface area contributed by atoms with Crippen LogP contribution in [0.3, 0.4) is 0 Å². The normalized spacial score (nSPS) is 15.5. The molecule has 0 bridgehead atoms. The Hall–Kier alpha value is -4.27. The number of aromatic nitrogens is 2. The van der Waals surface area contributed by atoms with Crippen molar-refractivity contribution < 1.29 is 23.8 Å². The first kappa shape index (κ1) is 21.9. The van der Waals surface area contributed by atoms with Crippen LogP contribution in [0.1, 0.15) is 18.5 Å². The van der Waals surface area contributed by atoms with Crippen molar-refractivity contribution >= 4 is 12.0 Å². The van der Waals surface area contributed by atoms with E-state index in [0.717, 1.165) is 11.3 Å². The lowest BCUT2D eigenvalue weighted by Gasteiger charge is -2.27. The summed E-state index contributed by atoms with van der Waals surface area (Å²) in [6.45, 7) is 1.66. The van der Waals surface area contributed by atoms with Crippen LogP contribution in [-0.2, 0) is 9.53 Å². The molecule has 9 heteroatoms. The number of rotatable bonds is 6. The Balaban J connectivity index is 1.94. The molecule has 0 radical (unpaired) electrons. The first-order valence-electron chi connectivity index (χ1n) is 10.2. The number of nitrogens with one attached hydrogen (secondary N) is 2. The minimum atomic E-state index is -0.772. The highest BCUT2D eigenvalue weighted by atomic mass is 16.5. The zero-order valence-corrected chi connectivity index (χ0v) is 18.7. The van der Waals surface area contributed by atoms with Gasteiger partial charge in [0.2, 0.25) is 0 Å². The number of hydrogen-bond acceptors (Lipinski definition) is 6. The van der Waals surface area contributed by atoms with Gasteiger partial charge >= 0.3 is 12.0 Å². The van der Waals surface area contributed by atoms with Crippen LogP contribution in [0, 0.1) is 0 Å². The van der Waals surface area contributed by atoms with Gasteiger partial charge in [-0.2, -0.15) is 5.10 Å². The van der Waals surface area contributed by atoms with E-state index in [-0.39, 0.29) is 0 Å². The zero-order valence-electron chi connectivity index (χ0n) is 18.7. The molecule has 2 aromatic carbocycles. The SMILES string of the molecule is COC(=O)C1=C(C)NC(=O)N[C@H]1c1cn(-c2ccccc2)nc1-c1ccc(OC)c(OC)c1. The number of methoxy groups -OCH3 is 3. The summed E-state index contributed by atoms with van der Waals surface area (Å²) >= 11 is 0. The second-order valence-corrected chi connectivity index (χ2v) is 7.34. The quantitative estimate of drug-likeness (QED) is 0.561. The number of hydrogen-bond donors (Lipinski definition) is 2. The third kappa shape index (κ3) is 4.12. The van der Waals surface area contributed by atoms with Gasteiger partial charge in [0.05, 0.1) is 44.3 Å². The fourth-order valence-corrected chi connectivity index (χ4v) is 3.83. The van der Waals surface area contributed by atoms with E-state index < -0.39 is 18.0 Å². The molecule has 2 N–H and O–H groups in total. The van der Waals surface area contributed by atoms with Crippen LogP contribution >= 0.6 is 0 Å². The molecule has 0 unspecified atom stereocenters. The number of ether oxygens (including phenoxy) is 3. The predicted molar refractivity (Wildman–Crippen MR) is 121 cm³/mol. The molecule has 0 spiro atoms. The summed E-state index contributed by atoms with van der Waals surface area (Å²) in [6, 6.07) is 13.8. The maximum Gasteiger partial charge on any atom is 0.337 e. The molecule has 0 aliphatic carbocycles. The number of esters is 1. The summed E-state index contributed by atoms with van der Waals surface area (Å²) < 4.78 is 17.5. The van der Waals surface area contributed by atoms with Gasteiger partial charge in [0.25, 0.3) is 0 Å². The van der Waals surface area contributed by atoms with Crippen molar-refractivity contribution in [1.82, 2.24) is 20.4 Å². The summed E-state index contributed by atoms with van der Waals surface area (Å²) in [5.41, 5.74) is 3.47. The molecule has 9 nitrogen and oxygen atoms in total. The molecule has 0 saturated heterocycles. The number of para-hydroxylation sites is 1. The van der Waals surface area contributed by atoms with E-state index in [2.05, 4.69) is 10.6 Å². The average molecular weight is 448 g/mol. The van der Waals surface area contributed by atoms with Crippen LogP contribution < -0.4 is 20.1 Å². The Kier molecular flexibility index (Phi) is 6.03. The van der Waals surface area contributed by atoms with Gasteiger partial charge in [-0.1, -0.05) is 18.2 Å². The summed E-state index contributed by atoms with van der Waals surface area (Å²) in [7, 11) is 4.42. The first-order valence-corrected chi connectivity index (χ1v) is 10.2. The lowest BCUT2D eigenvalue weighted by atomic mass is 9.93. The molecule has 170 valence electrons. The fraction of sp³-hybridized carbons (Fsp3) is 0.208. The molecule has 0 fully saturated rings. The number of urea groups is 1. The molecule has 0 saturated carbocycles. The van der Waals surface area contributed by atoms with Crippen molar-refractivity contribution in [2.45, 2.75) is 13.0 Å². The van der Waals surface area contributed by atoms with Crippen LogP contribution in [0.4, 0.5) is 4.79 Å². The highest BCUT2D eigenvalue weighted by molar-refractivity contribution is 5.95. The minimum absolute atomic E-state index is 0.298. The highest BCUT2D eigenvalue weighted by Gasteiger charge is 2.35. The molecule has 1 aromatic heterocycles. The predicted octanol–water partition coefficient (Wildman–Crippen LogP) is 3.36. The number of carbonyl (C=O) groups excluding carboxylic acids is 2. The van der Waals surface area contributed by atoms with Gasteiger partial charge in [-0.05, 0) is 37.3 Å². The Morgan fingerprint density at radius 1 is 1.03 bits per heavy atom. The maximum atomic E-state index is 12.6. The van der Waals surface area contributed by atoms with E-state index in [1.165, 1.54) is 7.11 Å². The monoisotopic (exact) mass is 448 g/mol. The first-order chi connectivity index (χ1) is 16.0. The molecular weight excluding hydrogens is 424 g/mol. The van der Waals surface area contributed by atoms with Gasteiger partial charge in [-0.25, -0.2) is 14.3 Å². The van der Waals surface area contributed by atoms with Gasteiger partial charge in [0, 0.05) is 23.0 Å². The number of allylic oxidation sites excluding steroid dienone is 1. The smallest absolute Gasteiger partial charge is 0.337 e. The van der Waals surface area contributed by atoms with Crippen LogP contribution in [-0.4, -0.2) is 43.1 Å². The largest absolute Gasteiger partial charge is 0.493 e. The topological polar surface area (TPSA) is 104 Å². The number of amides is 2. The van der Waals surface area contributed by atoms with Crippen molar-refractivity contribution in [2.24, 2.45) is 0 Å². The van der Waals surface area contributed by atoms with E-state index >= 15 is 0 Å². The van der Waals surface area contributed by atoms with Gasteiger partial charge in [0.15, 0.2) is 11.5 Å². The molecular formula is C24H24N4O5. The number of carbonyl (C=O) groups is 2. The fourth-order valence-electron chi connectivity index (χ4n) is 3.83. The third-order valence-corrected chi connectivity index (χ3v) is 5.41. The number of benzene rings is 2. The van der Waals surface area contributed by atoms with Crippen LogP contribution in [0.15, 0.2) is 66.0 Å². The highest BCUT2D eigenvalue weighted by Crippen LogP contribution is 2.38. The molecule has 2 heterocycles. The van der Waals surface area contributed by atoms with Gasteiger partial charge < -0.3 is 24.8 Å². The van der Waals surface area contributed by atoms with E-state index in [4.69, 9.17) is 19.3 Å². The lowest BCUT2D eigenvalue weighted by molar-refractivity contribution is -0.136. The van der Waals surface area contributed by atoms with Crippen LogP contribution in [0.2, 0.25) is 0 Å². The minimum Gasteiger partial charge on any atom is -0.493 e. The molecule has 1 atom stereocenters. The van der Waals surface area contributed by atoms with Crippen molar-refractivity contribution in [3.8, 4) is 28.4 Å². The third-order valence-electron chi connectivity index (χ3n) is 5.41. The molecule has 33 heavy (non-hydrogen) atoms. The van der Waals surface area contributed by atoms with E-state index in [0.29, 0.717) is 34.0 Å². The van der Waals surface area contributed by atoms with Crippen molar-refractivity contribution in [3.63, 3.8) is 0 Å². The molecule has 3 aromatic rings. The van der Waals surface area contributed by atoms with Crippen molar-refractivity contribution in [3.05, 3.63) is 71.6 Å². The summed E-state index contributed by atoms with van der Waals surface area (Å²) in [5.74, 6) is 0.562. The van der Waals surface area contributed by atoms with E-state index in [9.17, 15) is 9.59 Å². The van der Waals surface area contributed by atoms with Crippen LogP contribution in [0.5, 0.6) is 11.5 Å². The molecule has 2 amide bonds. The Morgan fingerprint density at radius 3 is 2.42 bits per heavy atom. The second-order valence-electron chi connectivity index (χ2n) is 7.34. The van der Waals surface area contributed by atoms with E-state index in [1.54, 1.807) is 44.2 Å². The maximum absolute atomic E-state index is 12.6. The Morgan fingerprint density at radius 2 is 1.76 bits per heavy atom. The standard InChI is InChI=1S/C24H24N4O5/c1-14-20(23(29)33-4)22(26-24(30)25-14)17-13-28(16-8-6-5-7-9-16)27-21(17)15-10-11-18(31-2)19(12-15)32-3/h5-13,22H,1-4H3,(H2,25,26,30)/t22-/m0/s1. The summed E-state index contributed by atoms with van der Waals surface area (Å²) in [6.07, 6.45) is 1.80. The average Bonchev–Trinajstić information content (AvgIpc) is 3.28. The molecule has 1 aliphatic heterocycles. The Labute approximate surface area is 191 Å². The van der Waals surface area contributed by atoms with E-state index in [1.807, 2.05) is 36.4 Å². The van der Waals surface area contributed by atoms with Gasteiger partial charge in [-0.3, -0.25) is 0 Å². The van der Waals surface area contributed by atoms with Crippen molar-refractivity contribution in [2.75, 3.05) is 21.3 Å².